The topological polar surface area (TPSA) is 38.3 Å². The summed E-state index contributed by atoms with van der Waals surface area (Å²) in [6, 6.07) is 0.309. The smallest absolute Gasteiger partial charge is 0.322 e. The second-order valence-corrected chi connectivity index (χ2v) is 6.33. The van der Waals surface area contributed by atoms with Gasteiger partial charge in [0, 0.05) is 11.3 Å². The molecule has 0 aromatic carbocycles. The normalized spacial score (nSPS) is 27.1. The van der Waals surface area contributed by atoms with Crippen molar-refractivity contribution in [2.24, 2.45) is 5.92 Å². The van der Waals surface area contributed by atoms with Crippen LogP contribution in [0.3, 0.4) is 0 Å². The molecule has 3 atom stereocenters. The molecule has 0 saturated carbocycles. The van der Waals surface area contributed by atoms with E-state index in [1.54, 1.807) is 0 Å². The molecule has 1 N–H and O–H groups in total. The van der Waals surface area contributed by atoms with Crippen molar-refractivity contribution >= 4 is 17.7 Å². The highest BCUT2D eigenvalue weighted by Crippen LogP contribution is 2.27. The molecule has 1 fully saturated rings. The fraction of sp³-hybridized carbons (Fsp3) is 0.917. The quantitative estimate of drug-likeness (QED) is 0.752. The van der Waals surface area contributed by atoms with Crippen LogP contribution < -0.4 is 5.32 Å². The van der Waals surface area contributed by atoms with Crippen molar-refractivity contribution in [3.8, 4) is 0 Å². The van der Waals surface area contributed by atoms with Crippen LogP contribution >= 0.6 is 11.8 Å². The Kier molecular flexibility index (Phi) is 5.62. The maximum absolute atomic E-state index is 11.7. The first-order chi connectivity index (χ1) is 7.54. The summed E-state index contributed by atoms with van der Waals surface area (Å²) in [6.07, 6.45) is 2.00. The lowest BCUT2D eigenvalue weighted by Gasteiger charge is -2.24. The Labute approximate surface area is 103 Å². The first-order valence-electron chi connectivity index (χ1n) is 6.00. The molecular formula is C12H23NO2S. The van der Waals surface area contributed by atoms with Crippen LogP contribution in [-0.2, 0) is 9.53 Å². The van der Waals surface area contributed by atoms with Crippen molar-refractivity contribution in [2.75, 3.05) is 12.9 Å². The summed E-state index contributed by atoms with van der Waals surface area (Å²) >= 11 is 1.97. The Morgan fingerprint density at radius 2 is 2.25 bits per heavy atom. The molecule has 94 valence electrons. The van der Waals surface area contributed by atoms with Gasteiger partial charge in [-0.25, -0.2) is 0 Å². The Bertz CT molecular complexity index is 233. The molecule has 0 radical (unpaired) electrons. The molecule has 16 heavy (non-hydrogen) atoms. The van der Waals surface area contributed by atoms with Crippen LogP contribution in [0.1, 0.15) is 33.6 Å². The summed E-state index contributed by atoms with van der Waals surface area (Å²) in [5.41, 5.74) is 0. The first-order valence-corrected chi connectivity index (χ1v) is 7.05. The molecule has 0 amide bonds. The van der Waals surface area contributed by atoms with Gasteiger partial charge in [0.1, 0.15) is 6.04 Å². The number of hydrogen-bond acceptors (Lipinski definition) is 4. The molecule has 3 nitrogen and oxygen atoms in total. The van der Waals surface area contributed by atoms with Gasteiger partial charge in [0.05, 0.1) is 7.11 Å². The minimum absolute atomic E-state index is 0.127. The average molecular weight is 245 g/mol. The molecule has 0 bridgehead atoms. The van der Waals surface area contributed by atoms with Crippen LogP contribution in [0.2, 0.25) is 0 Å². The molecular weight excluding hydrogens is 222 g/mol. The highest BCUT2D eigenvalue weighted by molar-refractivity contribution is 8.00. The second-order valence-electron chi connectivity index (χ2n) is 4.84. The highest BCUT2D eigenvalue weighted by Gasteiger charge is 2.29. The number of methoxy groups -OCH3 is 1. The SMILES string of the molecule is COC(=O)C(CC(C)C)NC1CCSC1C. The Hall–Kier alpha value is -0.220. The maximum atomic E-state index is 11.7. The molecule has 0 spiro atoms. The number of carbonyl (C=O) groups is 1. The lowest BCUT2D eigenvalue weighted by molar-refractivity contribution is -0.143. The van der Waals surface area contributed by atoms with Gasteiger partial charge in [0.2, 0.25) is 0 Å². The summed E-state index contributed by atoms with van der Waals surface area (Å²) < 4.78 is 4.85. The van der Waals surface area contributed by atoms with Gasteiger partial charge in [0.25, 0.3) is 0 Å². The van der Waals surface area contributed by atoms with Crippen LogP contribution in [-0.4, -0.2) is 36.2 Å². The third-order valence-electron chi connectivity index (χ3n) is 2.98. The van der Waals surface area contributed by atoms with E-state index in [0.717, 1.165) is 12.8 Å². The molecule has 1 aliphatic rings. The zero-order chi connectivity index (χ0) is 12.1. The molecule has 0 aromatic heterocycles. The number of ether oxygens (including phenoxy) is 1. The molecule has 1 saturated heterocycles. The van der Waals surface area contributed by atoms with Crippen LogP contribution in [0.15, 0.2) is 0 Å². The lowest BCUT2D eigenvalue weighted by atomic mass is 10.0. The van der Waals surface area contributed by atoms with Gasteiger partial charge in [-0.3, -0.25) is 4.79 Å². The number of hydrogen-bond donors (Lipinski definition) is 1. The van der Waals surface area contributed by atoms with E-state index in [9.17, 15) is 4.79 Å². The molecule has 0 aliphatic carbocycles. The third-order valence-corrected chi connectivity index (χ3v) is 4.31. The summed E-state index contributed by atoms with van der Waals surface area (Å²) in [7, 11) is 1.46. The Morgan fingerprint density at radius 1 is 1.56 bits per heavy atom. The lowest BCUT2D eigenvalue weighted by Crippen LogP contribution is -2.46. The van der Waals surface area contributed by atoms with E-state index >= 15 is 0 Å². The number of nitrogens with one attached hydrogen (secondary N) is 1. The largest absolute Gasteiger partial charge is 0.468 e. The maximum Gasteiger partial charge on any atom is 0.322 e. The van der Waals surface area contributed by atoms with E-state index in [-0.39, 0.29) is 12.0 Å². The molecule has 1 heterocycles. The van der Waals surface area contributed by atoms with Crippen molar-refractivity contribution in [3.63, 3.8) is 0 Å². The van der Waals surface area contributed by atoms with Crippen molar-refractivity contribution in [1.82, 2.24) is 5.32 Å². The second kappa shape index (κ2) is 6.50. The van der Waals surface area contributed by atoms with Crippen LogP contribution in [0.4, 0.5) is 0 Å². The minimum Gasteiger partial charge on any atom is -0.468 e. The molecule has 0 aromatic rings. The summed E-state index contributed by atoms with van der Waals surface area (Å²) in [4.78, 5) is 11.7. The monoisotopic (exact) mass is 245 g/mol. The summed E-state index contributed by atoms with van der Waals surface area (Å²) in [5.74, 6) is 1.56. The number of esters is 1. The van der Waals surface area contributed by atoms with E-state index < -0.39 is 0 Å². The molecule has 1 rings (SSSR count). The van der Waals surface area contributed by atoms with Crippen LogP contribution in [0, 0.1) is 5.92 Å². The van der Waals surface area contributed by atoms with Gasteiger partial charge in [-0.2, -0.15) is 11.8 Å². The summed E-state index contributed by atoms with van der Waals surface area (Å²) in [5, 5.41) is 4.05. The average Bonchev–Trinajstić information content (AvgIpc) is 2.61. The fourth-order valence-electron chi connectivity index (χ4n) is 2.05. The molecule has 1 aliphatic heterocycles. The number of thioether (sulfide) groups is 1. The van der Waals surface area contributed by atoms with Gasteiger partial charge in [-0.15, -0.1) is 0 Å². The van der Waals surface area contributed by atoms with Gasteiger partial charge in [0.15, 0.2) is 0 Å². The van der Waals surface area contributed by atoms with E-state index in [4.69, 9.17) is 4.74 Å². The number of carbonyl (C=O) groups excluding carboxylic acids is 1. The summed E-state index contributed by atoms with van der Waals surface area (Å²) in [6.45, 7) is 6.48. The molecule has 3 unspecified atom stereocenters. The standard InChI is InChI=1S/C12H23NO2S/c1-8(2)7-11(12(14)15-4)13-10-5-6-16-9(10)3/h8-11,13H,5-7H2,1-4H3. The molecule has 4 heteroatoms. The van der Waals surface area contributed by atoms with Gasteiger partial charge in [-0.05, 0) is 24.5 Å². The predicted octanol–water partition coefficient (Wildman–Crippen LogP) is 2.06. The zero-order valence-electron chi connectivity index (χ0n) is 10.7. The van der Waals surface area contributed by atoms with Gasteiger partial charge >= 0.3 is 5.97 Å². The van der Waals surface area contributed by atoms with E-state index in [1.165, 1.54) is 12.9 Å². The van der Waals surface area contributed by atoms with Gasteiger partial charge < -0.3 is 10.1 Å². The van der Waals surface area contributed by atoms with Crippen molar-refractivity contribution < 1.29 is 9.53 Å². The zero-order valence-corrected chi connectivity index (χ0v) is 11.5. The fourth-order valence-corrected chi connectivity index (χ4v) is 3.26. The van der Waals surface area contributed by atoms with Crippen molar-refractivity contribution in [1.29, 1.82) is 0 Å². The third kappa shape index (κ3) is 3.98. The van der Waals surface area contributed by atoms with Crippen molar-refractivity contribution in [3.05, 3.63) is 0 Å². The highest BCUT2D eigenvalue weighted by atomic mass is 32.2. The van der Waals surface area contributed by atoms with Crippen molar-refractivity contribution in [2.45, 2.75) is 50.9 Å². The Balaban J connectivity index is 2.52. The van der Waals surface area contributed by atoms with Crippen LogP contribution in [0.5, 0.6) is 0 Å². The Morgan fingerprint density at radius 3 is 2.69 bits per heavy atom. The van der Waals surface area contributed by atoms with E-state index in [2.05, 4.69) is 26.1 Å². The predicted molar refractivity (Wildman–Crippen MR) is 68.7 cm³/mol. The van der Waals surface area contributed by atoms with Gasteiger partial charge in [-0.1, -0.05) is 20.8 Å². The number of rotatable bonds is 5. The van der Waals surface area contributed by atoms with E-state index in [1.807, 2.05) is 11.8 Å². The van der Waals surface area contributed by atoms with Crippen LogP contribution in [0.25, 0.3) is 0 Å². The first kappa shape index (κ1) is 13.8. The van der Waals surface area contributed by atoms with E-state index in [0.29, 0.717) is 17.2 Å². The minimum atomic E-state index is -0.142.